The molecule has 2 aromatic heterocycles. The smallest absolute Gasteiger partial charge is 0.174 e. The van der Waals surface area contributed by atoms with E-state index in [1.807, 2.05) is 18.2 Å². The van der Waals surface area contributed by atoms with Crippen LogP contribution in [-0.4, -0.2) is 16.6 Å². The number of hydrogen-bond donors (Lipinski definition) is 2. The normalized spacial score (nSPS) is 14.5. The average molecular weight is 297 g/mol. The number of aliphatic hydroxyl groups is 1. The van der Waals surface area contributed by atoms with Gasteiger partial charge in [-0.05, 0) is 34.1 Å². The summed E-state index contributed by atoms with van der Waals surface area (Å²) in [7, 11) is 0. The van der Waals surface area contributed by atoms with Crippen molar-refractivity contribution in [3.05, 3.63) is 52.7 Å². The topological polar surface area (TPSA) is 72.3 Å². The Morgan fingerprint density at radius 3 is 2.76 bits per heavy atom. The van der Waals surface area contributed by atoms with Crippen LogP contribution < -0.4 is 5.73 Å². The van der Waals surface area contributed by atoms with E-state index in [-0.39, 0.29) is 5.92 Å². The third kappa shape index (κ3) is 2.57. The summed E-state index contributed by atoms with van der Waals surface area (Å²) in [5.74, 6) is -0.245. The Labute approximate surface area is 108 Å². The molecule has 0 radical (unpaired) electrons. The van der Waals surface area contributed by atoms with E-state index in [0.29, 0.717) is 16.8 Å². The van der Waals surface area contributed by atoms with Gasteiger partial charge in [-0.1, -0.05) is 6.07 Å². The van der Waals surface area contributed by atoms with Gasteiger partial charge in [-0.15, -0.1) is 0 Å². The molecule has 0 fully saturated rings. The standard InChI is InChI=1S/C12H13BrN2O2/c13-12-8(4-6-17-12)11(16)9(7-14)10-3-1-2-5-15-10/h1-6,9,11,16H,7,14H2. The summed E-state index contributed by atoms with van der Waals surface area (Å²) in [6.45, 7) is 0.315. The molecule has 0 aliphatic carbocycles. The van der Waals surface area contributed by atoms with Crippen LogP contribution in [0.15, 0.2) is 45.8 Å². The Hall–Kier alpha value is -1.17. The first kappa shape index (κ1) is 12.3. The SMILES string of the molecule is NCC(c1ccccn1)C(O)c1ccoc1Br. The van der Waals surface area contributed by atoms with Crippen molar-refractivity contribution in [2.75, 3.05) is 6.54 Å². The molecule has 90 valence electrons. The molecule has 2 aromatic rings. The summed E-state index contributed by atoms with van der Waals surface area (Å²) < 4.78 is 5.64. The molecule has 0 amide bonds. The fourth-order valence-corrected chi connectivity index (χ4v) is 2.21. The molecule has 0 aromatic carbocycles. The third-order valence-electron chi connectivity index (χ3n) is 2.67. The molecular weight excluding hydrogens is 284 g/mol. The Morgan fingerprint density at radius 1 is 1.41 bits per heavy atom. The molecule has 4 nitrogen and oxygen atoms in total. The minimum atomic E-state index is -0.733. The first-order chi connectivity index (χ1) is 8.24. The van der Waals surface area contributed by atoms with E-state index in [1.165, 1.54) is 6.26 Å². The highest BCUT2D eigenvalue weighted by Crippen LogP contribution is 2.33. The lowest BCUT2D eigenvalue weighted by molar-refractivity contribution is 0.144. The highest BCUT2D eigenvalue weighted by Gasteiger charge is 2.25. The molecule has 2 rings (SSSR count). The monoisotopic (exact) mass is 296 g/mol. The molecule has 2 unspecified atom stereocenters. The summed E-state index contributed by atoms with van der Waals surface area (Å²) in [6.07, 6.45) is 2.48. The minimum absolute atomic E-state index is 0.245. The number of nitrogens with zero attached hydrogens (tertiary/aromatic N) is 1. The Balaban J connectivity index is 2.28. The van der Waals surface area contributed by atoms with Crippen molar-refractivity contribution in [1.82, 2.24) is 4.98 Å². The maximum absolute atomic E-state index is 10.3. The van der Waals surface area contributed by atoms with E-state index in [4.69, 9.17) is 10.2 Å². The fraction of sp³-hybridized carbons (Fsp3) is 0.250. The molecule has 0 spiro atoms. The van der Waals surface area contributed by atoms with Crippen molar-refractivity contribution in [2.24, 2.45) is 5.73 Å². The van der Waals surface area contributed by atoms with E-state index < -0.39 is 6.10 Å². The second kappa shape index (κ2) is 5.44. The van der Waals surface area contributed by atoms with Crippen molar-refractivity contribution in [2.45, 2.75) is 12.0 Å². The van der Waals surface area contributed by atoms with Crippen molar-refractivity contribution in [1.29, 1.82) is 0 Å². The Kier molecular flexibility index (Phi) is 3.93. The van der Waals surface area contributed by atoms with Gasteiger partial charge in [-0.2, -0.15) is 0 Å². The summed E-state index contributed by atoms with van der Waals surface area (Å²) in [5, 5.41) is 10.3. The Morgan fingerprint density at radius 2 is 2.24 bits per heavy atom. The molecular formula is C12H13BrN2O2. The summed E-state index contributed by atoms with van der Waals surface area (Å²) in [5.41, 5.74) is 7.18. The number of pyridine rings is 1. The zero-order valence-electron chi connectivity index (χ0n) is 9.08. The molecule has 2 atom stereocenters. The zero-order valence-corrected chi connectivity index (χ0v) is 10.7. The molecule has 0 bridgehead atoms. The van der Waals surface area contributed by atoms with Gasteiger partial charge in [0.1, 0.15) is 0 Å². The highest BCUT2D eigenvalue weighted by atomic mass is 79.9. The molecule has 0 aliphatic rings. The van der Waals surface area contributed by atoms with Crippen LogP contribution in [0.3, 0.4) is 0 Å². The van der Waals surface area contributed by atoms with Crippen molar-refractivity contribution < 1.29 is 9.52 Å². The average Bonchev–Trinajstić information content (AvgIpc) is 2.77. The number of aromatic nitrogens is 1. The lowest BCUT2D eigenvalue weighted by Gasteiger charge is -2.20. The molecule has 0 aliphatic heterocycles. The number of halogens is 1. The first-order valence-electron chi connectivity index (χ1n) is 5.26. The Bertz CT molecular complexity index is 472. The van der Waals surface area contributed by atoms with Crippen LogP contribution in [0.4, 0.5) is 0 Å². The summed E-state index contributed by atoms with van der Waals surface area (Å²) in [6, 6.07) is 7.29. The van der Waals surface area contributed by atoms with Gasteiger partial charge >= 0.3 is 0 Å². The van der Waals surface area contributed by atoms with Gasteiger partial charge in [0.25, 0.3) is 0 Å². The van der Waals surface area contributed by atoms with E-state index in [0.717, 1.165) is 5.69 Å². The van der Waals surface area contributed by atoms with Crippen LogP contribution in [0.25, 0.3) is 0 Å². The van der Waals surface area contributed by atoms with Crippen LogP contribution >= 0.6 is 15.9 Å². The van der Waals surface area contributed by atoms with Crippen LogP contribution in [0.5, 0.6) is 0 Å². The van der Waals surface area contributed by atoms with Gasteiger partial charge in [0.15, 0.2) is 4.67 Å². The lowest BCUT2D eigenvalue weighted by Crippen LogP contribution is -2.21. The van der Waals surface area contributed by atoms with E-state index >= 15 is 0 Å². The van der Waals surface area contributed by atoms with Gasteiger partial charge in [-0.25, -0.2) is 0 Å². The molecule has 0 saturated carbocycles. The maximum Gasteiger partial charge on any atom is 0.174 e. The molecule has 5 heteroatoms. The maximum atomic E-state index is 10.3. The van der Waals surface area contributed by atoms with E-state index in [9.17, 15) is 5.11 Å². The molecule has 2 heterocycles. The summed E-state index contributed by atoms with van der Waals surface area (Å²) >= 11 is 3.25. The minimum Gasteiger partial charge on any atom is -0.457 e. The van der Waals surface area contributed by atoms with Crippen molar-refractivity contribution in [3.8, 4) is 0 Å². The van der Waals surface area contributed by atoms with Gasteiger partial charge < -0.3 is 15.3 Å². The quantitative estimate of drug-likeness (QED) is 0.907. The second-order valence-corrected chi connectivity index (χ2v) is 4.41. The second-order valence-electron chi connectivity index (χ2n) is 3.69. The van der Waals surface area contributed by atoms with Crippen molar-refractivity contribution >= 4 is 15.9 Å². The van der Waals surface area contributed by atoms with E-state index in [2.05, 4.69) is 20.9 Å². The van der Waals surface area contributed by atoms with Crippen LogP contribution in [0, 0.1) is 0 Å². The van der Waals surface area contributed by atoms with Gasteiger partial charge in [0, 0.05) is 29.9 Å². The predicted octanol–water partition coefficient (Wildman–Crippen LogP) is 2.21. The van der Waals surface area contributed by atoms with Gasteiger partial charge in [-0.3, -0.25) is 4.98 Å². The van der Waals surface area contributed by atoms with Crippen LogP contribution in [0.1, 0.15) is 23.3 Å². The van der Waals surface area contributed by atoms with Crippen LogP contribution in [0.2, 0.25) is 0 Å². The number of rotatable bonds is 4. The van der Waals surface area contributed by atoms with E-state index in [1.54, 1.807) is 12.3 Å². The predicted molar refractivity (Wildman–Crippen MR) is 67.4 cm³/mol. The fourth-order valence-electron chi connectivity index (χ4n) is 1.74. The molecule has 0 saturated heterocycles. The van der Waals surface area contributed by atoms with Gasteiger partial charge in [0.2, 0.25) is 0 Å². The lowest BCUT2D eigenvalue weighted by atomic mass is 9.94. The third-order valence-corrected chi connectivity index (χ3v) is 3.31. The molecule has 3 N–H and O–H groups in total. The highest BCUT2D eigenvalue weighted by molar-refractivity contribution is 9.10. The number of aliphatic hydroxyl groups excluding tert-OH is 1. The number of hydrogen-bond acceptors (Lipinski definition) is 4. The molecule has 17 heavy (non-hydrogen) atoms. The number of nitrogens with two attached hydrogens (primary N) is 1. The van der Waals surface area contributed by atoms with Crippen LogP contribution in [-0.2, 0) is 0 Å². The largest absolute Gasteiger partial charge is 0.457 e. The summed E-state index contributed by atoms with van der Waals surface area (Å²) in [4.78, 5) is 4.22. The number of furan rings is 1. The van der Waals surface area contributed by atoms with Crippen molar-refractivity contribution in [3.63, 3.8) is 0 Å². The zero-order chi connectivity index (χ0) is 12.3. The first-order valence-corrected chi connectivity index (χ1v) is 6.05. The van der Waals surface area contributed by atoms with Gasteiger partial charge in [0.05, 0.1) is 12.4 Å².